The first-order valence-electron chi connectivity index (χ1n) is 12.9. The average Bonchev–Trinajstić information content (AvgIpc) is 3.30. The van der Waals surface area contributed by atoms with Crippen LogP contribution in [0.25, 0.3) is 0 Å². The summed E-state index contributed by atoms with van der Waals surface area (Å²) < 4.78 is 4.96. The van der Waals surface area contributed by atoms with Crippen molar-refractivity contribution in [2.45, 2.75) is 65.5 Å². The number of carbonyl (C=O) groups is 4. The van der Waals surface area contributed by atoms with Gasteiger partial charge in [0.1, 0.15) is 11.8 Å². The van der Waals surface area contributed by atoms with E-state index in [4.69, 9.17) is 16.1 Å². The summed E-state index contributed by atoms with van der Waals surface area (Å²) >= 11 is 6.56. The number of nitrogens with one attached hydrogen (secondary N) is 3. The Kier molecular flexibility index (Phi) is 10.1. The Hall–Kier alpha value is -4.18. The lowest BCUT2D eigenvalue weighted by atomic mass is 9.97. The Morgan fingerprint density at radius 3 is 2.27 bits per heavy atom. The lowest BCUT2D eigenvalue weighted by Crippen LogP contribution is -2.50. The number of amides is 4. The van der Waals surface area contributed by atoms with Crippen molar-refractivity contribution in [2.75, 3.05) is 15.5 Å². The van der Waals surface area contributed by atoms with Crippen LogP contribution in [0.15, 0.2) is 59.1 Å². The van der Waals surface area contributed by atoms with E-state index in [0.717, 1.165) is 0 Å². The highest BCUT2D eigenvalue weighted by molar-refractivity contribution is 6.31. The summed E-state index contributed by atoms with van der Waals surface area (Å²) in [5.41, 5.74) is 0.782. The van der Waals surface area contributed by atoms with Crippen LogP contribution in [0.3, 0.4) is 0 Å². The molecule has 212 valence electrons. The monoisotopic (exact) mass is 567 g/mol. The van der Waals surface area contributed by atoms with Gasteiger partial charge in [-0.05, 0) is 57.5 Å². The van der Waals surface area contributed by atoms with E-state index in [1.165, 1.54) is 11.8 Å². The van der Waals surface area contributed by atoms with Crippen molar-refractivity contribution in [2.24, 2.45) is 0 Å². The van der Waals surface area contributed by atoms with Gasteiger partial charge < -0.3 is 20.5 Å². The third-order valence-electron chi connectivity index (χ3n) is 6.25. The minimum absolute atomic E-state index is 0.164. The van der Waals surface area contributed by atoms with Crippen LogP contribution in [0.1, 0.15) is 64.3 Å². The third kappa shape index (κ3) is 8.16. The van der Waals surface area contributed by atoms with Crippen LogP contribution in [0, 0.1) is 6.92 Å². The maximum atomic E-state index is 13.9. The van der Waals surface area contributed by atoms with Gasteiger partial charge in [-0.2, -0.15) is 0 Å². The second kappa shape index (κ2) is 13.3. The highest BCUT2D eigenvalue weighted by Crippen LogP contribution is 2.34. The van der Waals surface area contributed by atoms with Crippen LogP contribution in [0.2, 0.25) is 5.02 Å². The molecule has 0 radical (unpaired) electrons. The molecule has 2 aromatic carbocycles. The molecule has 3 aromatic rings. The fourth-order valence-corrected chi connectivity index (χ4v) is 4.14. The van der Waals surface area contributed by atoms with E-state index < -0.39 is 29.3 Å². The summed E-state index contributed by atoms with van der Waals surface area (Å²) in [6, 6.07) is 13.8. The van der Waals surface area contributed by atoms with Crippen molar-refractivity contribution < 1.29 is 23.7 Å². The number of aryl methyl sites for hydroxylation is 1. The zero-order valence-electron chi connectivity index (χ0n) is 23.2. The molecule has 0 unspecified atom stereocenters. The maximum absolute atomic E-state index is 13.9. The zero-order valence-corrected chi connectivity index (χ0v) is 24.0. The number of hydrogen-bond acceptors (Lipinski definition) is 6. The van der Waals surface area contributed by atoms with Gasteiger partial charge in [0.25, 0.3) is 0 Å². The topological polar surface area (TPSA) is 134 Å². The highest BCUT2D eigenvalue weighted by Gasteiger charge is 2.36. The smallest absolute Gasteiger partial charge is 0.248 e. The van der Waals surface area contributed by atoms with Gasteiger partial charge in [-0.1, -0.05) is 41.9 Å². The molecule has 1 aromatic heterocycles. The largest absolute Gasteiger partial charge is 0.360 e. The van der Waals surface area contributed by atoms with E-state index in [2.05, 4.69) is 21.1 Å². The molecular weight excluding hydrogens is 534 g/mol. The molecule has 40 heavy (non-hydrogen) atoms. The molecule has 0 saturated carbocycles. The molecule has 4 amide bonds. The van der Waals surface area contributed by atoms with Gasteiger partial charge in [0.2, 0.25) is 23.6 Å². The number of benzene rings is 2. The summed E-state index contributed by atoms with van der Waals surface area (Å²) in [5, 5.41) is 12.4. The Balaban J connectivity index is 2.00. The van der Waals surface area contributed by atoms with Gasteiger partial charge in [-0.15, -0.1) is 0 Å². The van der Waals surface area contributed by atoms with E-state index in [1.807, 2.05) is 20.8 Å². The van der Waals surface area contributed by atoms with Crippen LogP contribution in [-0.4, -0.2) is 34.3 Å². The van der Waals surface area contributed by atoms with Gasteiger partial charge in [0, 0.05) is 53.3 Å². The van der Waals surface area contributed by atoms with Gasteiger partial charge in [-0.3, -0.25) is 24.1 Å². The van der Waals surface area contributed by atoms with Gasteiger partial charge in [-0.25, -0.2) is 0 Å². The number of nitrogens with zero attached hydrogens (tertiary/aromatic N) is 2. The van der Waals surface area contributed by atoms with Crippen molar-refractivity contribution in [3.05, 3.63) is 70.9 Å². The minimum Gasteiger partial charge on any atom is -0.360 e. The molecule has 10 nitrogen and oxygen atoms in total. The number of carbonyl (C=O) groups excluding carboxylic acids is 4. The van der Waals surface area contributed by atoms with E-state index >= 15 is 0 Å². The van der Waals surface area contributed by atoms with E-state index in [0.29, 0.717) is 34.1 Å². The van der Waals surface area contributed by atoms with Crippen LogP contribution in [0.4, 0.5) is 17.2 Å². The van der Waals surface area contributed by atoms with E-state index in [-0.39, 0.29) is 24.6 Å². The van der Waals surface area contributed by atoms with Crippen molar-refractivity contribution in [1.29, 1.82) is 0 Å². The van der Waals surface area contributed by atoms with Crippen LogP contribution >= 0.6 is 11.6 Å². The Morgan fingerprint density at radius 1 is 1.02 bits per heavy atom. The third-order valence-corrected chi connectivity index (χ3v) is 6.59. The summed E-state index contributed by atoms with van der Waals surface area (Å²) in [6.07, 6.45) is 0.277. The fraction of sp³-hybridized carbons (Fsp3) is 0.345. The molecule has 0 spiro atoms. The molecule has 0 aliphatic heterocycles. The fourth-order valence-electron chi connectivity index (χ4n) is 3.90. The van der Waals surface area contributed by atoms with E-state index in [9.17, 15) is 19.2 Å². The molecular formula is C29H34ClN5O5. The van der Waals surface area contributed by atoms with Crippen molar-refractivity contribution in [3.63, 3.8) is 0 Å². The number of hydrogen-bond donors (Lipinski definition) is 3. The molecule has 11 heteroatoms. The number of anilines is 3. The van der Waals surface area contributed by atoms with Gasteiger partial charge >= 0.3 is 0 Å². The molecule has 0 bridgehead atoms. The summed E-state index contributed by atoms with van der Waals surface area (Å²) in [4.78, 5) is 53.2. The Bertz CT molecular complexity index is 1370. The first-order chi connectivity index (χ1) is 18.9. The number of halogens is 1. The molecule has 0 saturated heterocycles. The predicted molar refractivity (Wildman–Crippen MR) is 154 cm³/mol. The second-order valence-electron chi connectivity index (χ2n) is 10.0. The normalized spacial score (nSPS) is 11.8. The molecule has 0 fully saturated rings. The lowest BCUT2D eigenvalue weighted by molar-refractivity contribution is -0.128. The lowest BCUT2D eigenvalue weighted by Gasteiger charge is -2.35. The van der Waals surface area contributed by atoms with Crippen molar-refractivity contribution in [3.8, 4) is 0 Å². The average molecular weight is 568 g/mol. The number of aromatic nitrogens is 1. The van der Waals surface area contributed by atoms with Gasteiger partial charge in [0.15, 0.2) is 5.82 Å². The van der Waals surface area contributed by atoms with Crippen molar-refractivity contribution in [1.82, 2.24) is 10.5 Å². The molecule has 1 atom stereocenters. The molecule has 0 aliphatic carbocycles. The summed E-state index contributed by atoms with van der Waals surface area (Å²) in [6.45, 7) is 8.81. The Morgan fingerprint density at radius 2 is 1.70 bits per heavy atom. The summed E-state index contributed by atoms with van der Waals surface area (Å²) in [7, 11) is 0. The first kappa shape index (κ1) is 30.4. The second-order valence-corrected chi connectivity index (χ2v) is 10.4. The molecule has 1 heterocycles. The Labute approximate surface area is 238 Å². The quantitative estimate of drug-likeness (QED) is 0.284. The first-order valence-corrected chi connectivity index (χ1v) is 13.3. The SMILES string of the molecule is CCC(C)(C)NC(=O)[C@@H](c1ccccc1Cl)N(C(=O)CCC(=O)Nc1cc(C)on1)c1ccc(NC(C)=O)cc1. The number of rotatable bonds is 11. The summed E-state index contributed by atoms with van der Waals surface area (Å²) in [5.74, 6) is -0.813. The standard InChI is InChI=1S/C29H34ClN5O5/c1-6-29(4,5)33-28(39)27(22-9-7-8-10-23(22)30)35(21-13-11-20(12-14-21)31-19(3)36)26(38)16-15-25(37)32-24-17-18(2)40-34-24/h7-14,17,27H,6,15-16H2,1-5H3,(H,31,36)(H,33,39)(H,32,34,37)/t27-/m1/s1. The van der Waals surface area contributed by atoms with Crippen LogP contribution in [-0.2, 0) is 19.2 Å². The molecule has 0 aliphatic rings. The molecule has 3 N–H and O–H groups in total. The maximum Gasteiger partial charge on any atom is 0.248 e. The van der Waals surface area contributed by atoms with E-state index in [1.54, 1.807) is 61.5 Å². The van der Waals surface area contributed by atoms with Crippen LogP contribution in [0.5, 0.6) is 0 Å². The zero-order chi connectivity index (χ0) is 29.4. The van der Waals surface area contributed by atoms with Gasteiger partial charge in [0.05, 0.1) is 0 Å². The predicted octanol–water partition coefficient (Wildman–Crippen LogP) is 5.39. The molecule has 3 rings (SSSR count). The van der Waals surface area contributed by atoms with Crippen molar-refractivity contribution >= 4 is 52.4 Å². The highest BCUT2D eigenvalue weighted by atomic mass is 35.5. The minimum atomic E-state index is -1.14. The van der Waals surface area contributed by atoms with Crippen LogP contribution < -0.4 is 20.9 Å².